The van der Waals surface area contributed by atoms with Gasteiger partial charge in [0.25, 0.3) is 0 Å². The predicted molar refractivity (Wildman–Crippen MR) is 61.4 cm³/mol. The number of alkyl halides is 3. The lowest BCUT2D eigenvalue weighted by molar-refractivity contribution is -0.137. The third-order valence-corrected chi connectivity index (χ3v) is 2.19. The van der Waals surface area contributed by atoms with Gasteiger partial charge in [0, 0.05) is 6.07 Å². The van der Waals surface area contributed by atoms with Crippen LogP contribution in [0.5, 0.6) is 11.6 Å². The highest BCUT2D eigenvalue weighted by Crippen LogP contribution is 2.31. The molecule has 0 saturated heterocycles. The third-order valence-electron chi connectivity index (χ3n) is 2.19. The largest absolute Gasteiger partial charge is 0.439 e. The van der Waals surface area contributed by atoms with Gasteiger partial charge in [-0.15, -0.1) is 0 Å². The van der Waals surface area contributed by atoms with Gasteiger partial charge in [-0.1, -0.05) is 0 Å². The molecule has 0 aliphatic rings. The predicted octanol–water partition coefficient (Wildman–Crippen LogP) is 2.57. The van der Waals surface area contributed by atoms with Crippen molar-refractivity contribution in [3.05, 3.63) is 42.2 Å². The van der Waals surface area contributed by atoms with Gasteiger partial charge in [-0.2, -0.15) is 13.2 Å². The first-order valence-corrected chi connectivity index (χ1v) is 5.13. The Morgan fingerprint density at radius 1 is 1.11 bits per heavy atom. The van der Waals surface area contributed by atoms with E-state index in [2.05, 4.69) is 15.4 Å². The first-order chi connectivity index (χ1) is 8.99. The molecule has 0 aliphatic heterocycles. The fourth-order valence-corrected chi connectivity index (χ4v) is 1.31. The van der Waals surface area contributed by atoms with Crippen LogP contribution in [-0.4, -0.2) is 9.97 Å². The van der Waals surface area contributed by atoms with Gasteiger partial charge < -0.3 is 10.2 Å². The second-order valence-corrected chi connectivity index (χ2v) is 3.51. The zero-order chi connectivity index (χ0) is 13.9. The Hall–Kier alpha value is -2.35. The fourth-order valence-electron chi connectivity index (χ4n) is 1.31. The number of benzene rings is 1. The van der Waals surface area contributed by atoms with E-state index in [1.54, 1.807) is 0 Å². The number of nitrogen functional groups attached to an aromatic ring is 1. The minimum Gasteiger partial charge on any atom is -0.439 e. The molecule has 8 heteroatoms. The van der Waals surface area contributed by atoms with E-state index in [4.69, 9.17) is 10.6 Å². The molecule has 100 valence electrons. The van der Waals surface area contributed by atoms with Gasteiger partial charge in [0.1, 0.15) is 17.9 Å². The molecule has 0 saturated carbocycles. The average molecular weight is 270 g/mol. The first kappa shape index (κ1) is 13.1. The maximum atomic E-state index is 12.4. The van der Waals surface area contributed by atoms with E-state index in [9.17, 15) is 13.2 Å². The molecule has 2 aromatic rings. The first-order valence-electron chi connectivity index (χ1n) is 5.13. The second-order valence-electron chi connectivity index (χ2n) is 3.51. The van der Waals surface area contributed by atoms with Crippen molar-refractivity contribution in [3.8, 4) is 11.6 Å². The van der Waals surface area contributed by atoms with E-state index in [0.29, 0.717) is 5.82 Å². The number of rotatable bonds is 3. The van der Waals surface area contributed by atoms with Crippen LogP contribution in [0.3, 0.4) is 0 Å². The molecule has 3 N–H and O–H groups in total. The van der Waals surface area contributed by atoms with Crippen molar-refractivity contribution >= 4 is 5.82 Å². The number of hydrogen-bond acceptors (Lipinski definition) is 5. The van der Waals surface area contributed by atoms with Crippen molar-refractivity contribution < 1.29 is 17.9 Å². The Bertz CT molecular complexity index is 557. The number of nitrogens with zero attached hydrogens (tertiary/aromatic N) is 2. The molecule has 2 rings (SSSR count). The minimum atomic E-state index is -4.37. The molecule has 0 bridgehead atoms. The molecular formula is C11H9F3N4O. The molecule has 0 fully saturated rings. The van der Waals surface area contributed by atoms with E-state index < -0.39 is 11.7 Å². The van der Waals surface area contributed by atoms with Gasteiger partial charge in [-0.05, 0) is 24.3 Å². The van der Waals surface area contributed by atoms with Crippen LogP contribution in [-0.2, 0) is 6.18 Å². The molecule has 5 nitrogen and oxygen atoms in total. The van der Waals surface area contributed by atoms with Crippen molar-refractivity contribution in [2.24, 2.45) is 5.84 Å². The van der Waals surface area contributed by atoms with E-state index in [1.807, 2.05) is 0 Å². The zero-order valence-electron chi connectivity index (χ0n) is 9.48. The normalized spacial score (nSPS) is 11.2. The summed E-state index contributed by atoms with van der Waals surface area (Å²) in [6, 6.07) is 5.69. The maximum Gasteiger partial charge on any atom is 0.416 e. The Balaban J connectivity index is 2.15. The smallest absolute Gasteiger partial charge is 0.416 e. The Labute approximate surface area is 106 Å². The molecule has 0 radical (unpaired) electrons. The standard InChI is InChI=1S/C11H9F3N4O/c12-11(13,14)7-1-3-8(4-2-7)19-10-5-9(18-15)16-6-17-10/h1-6H,15H2,(H,16,17,18). The molecule has 0 atom stereocenters. The molecule has 0 unspecified atom stereocenters. The lowest BCUT2D eigenvalue weighted by atomic mass is 10.2. The fraction of sp³-hybridized carbons (Fsp3) is 0.0909. The van der Waals surface area contributed by atoms with Gasteiger partial charge >= 0.3 is 6.18 Å². The maximum absolute atomic E-state index is 12.4. The lowest BCUT2D eigenvalue weighted by Crippen LogP contribution is -2.08. The van der Waals surface area contributed by atoms with Crippen LogP contribution in [0.1, 0.15) is 5.56 Å². The molecular weight excluding hydrogens is 261 g/mol. The SMILES string of the molecule is NNc1cc(Oc2ccc(C(F)(F)F)cc2)ncn1. The van der Waals surface area contributed by atoms with Crippen LogP contribution >= 0.6 is 0 Å². The molecule has 0 amide bonds. The molecule has 0 aliphatic carbocycles. The van der Waals surface area contributed by atoms with Crippen LogP contribution in [0.15, 0.2) is 36.7 Å². The summed E-state index contributed by atoms with van der Waals surface area (Å²) < 4.78 is 42.4. The summed E-state index contributed by atoms with van der Waals surface area (Å²) >= 11 is 0. The number of nitrogens with two attached hydrogens (primary N) is 1. The highest BCUT2D eigenvalue weighted by Gasteiger charge is 2.30. The Kier molecular flexibility index (Phi) is 3.52. The summed E-state index contributed by atoms with van der Waals surface area (Å²) in [5.74, 6) is 5.89. The summed E-state index contributed by atoms with van der Waals surface area (Å²) in [5, 5.41) is 0. The summed E-state index contributed by atoms with van der Waals surface area (Å²) in [6.45, 7) is 0. The molecule has 0 spiro atoms. The third kappa shape index (κ3) is 3.32. The van der Waals surface area contributed by atoms with Crippen LogP contribution in [0.4, 0.5) is 19.0 Å². The van der Waals surface area contributed by atoms with Gasteiger partial charge in [-0.25, -0.2) is 15.8 Å². The number of aromatic nitrogens is 2. The van der Waals surface area contributed by atoms with Gasteiger partial charge in [0.2, 0.25) is 5.88 Å². The number of hydrazine groups is 1. The van der Waals surface area contributed by atoms with Crippen LogP contribution in [0, 0.1) is 0 Å². The number of ether oxygens (including phenoxy) is 1. The summed E-state index contributed by atoms with van der Waals surface area (Å²) in [7, 11) is 0. The van der Waals surface area contributed by atoms with Gasteiger partial charge in [-0.3, -0.25) is 0 Å². The topological polar surface area (TPSA) is 73.1 Å². The van der Waals surface area contributed by atoms with Crippen LogP contribution in [0.2, 0.25) is 0 Å². The van der Waals surface area contributed by atoms with E-state index >= 15 is 0 Å². The number of anilines is 1. The van der Waals surface area contributed by atoms with E-state index in [1.165, 1.54) is 24.5 Å². The van der Waals surface area contributed by atoms with Gasteiger partial charge in [0.05, 0.1) is 5.56 Å². The van der Waals surface area contributed by atoms with Crippen molar-refractivity contribution in [1.82, 2.24) is 9.97 Å². The highest BCUT2D eigenvalue weighted by molar-refractivity contribution is 5.38. The summed E-state index contributed by atoms with van der Waals surface area (Å²) in [6.07, 6.45) is -3.15. The lowest BCUT2D eigenvalue weighted by Gasteiger charge is -2.08. The Morgan fingerprint density at radius 2 is 1.79 bits per heavy atom. The van der Waals surface area contributed by atoms with Crippen LogP contribution in [0.25, 0.3) is 0 Å². The molecule has 1 aromatic heterocycles. The van der Waals surface area contributed by atoms with E-state index in [0.717, 1.165) is 12.1 Å². The quantitative estimate of drug-likeness (QED) is 0.662. The number of hydrogen-bond donors (Lipinski definition) is 2. The van der Waals surface area contributed by atoms with Crippen LogP contribution < -0.4 is 16.0 Å². The monoisotopic (exact) mass is 270 g/mol. The second kappa shape index (κ2) is 5.11. The Morgan fingerprint density at radius 3 is 2.37 bits per heavy atom. The number of nitrogens with one attached hydrogen (secondary N) is 1. The highest BCUT2D eigenvalue weighted by atomic mass is 19.4. The van der Waals surface area contributed by atoms with Crippen molar-refractivity contribution in [2.45, 2.75) is 6.18 Å². The van der Waals surface area contributed by atoms with Crippen molar-refractivity contribution in [1.29, 1.82) is 0 Å². The number of halogens is 3. The van der Waals surface area contributed by atoms with Crippen molar-refractivity contribution in [3.63, 3.8) is 0 Å². The molecule has 19 heavy (non-hydrogen) atoms. The average Bonchev–Trinajstić information content (AvgIpc) is 2.38. The summed E-state index contributed by atoms with van der Waals surface area (Å²) in [5.41, 5.74) is 1.56. The molecule has 1 heterocycles. The minimum absolute atomic E-state index is 0.169. The van der Waals surface area contributed by atoms with E-state index in [-0.39, 0.29) is 11.6 Å². The molecule has 1 aromatic carbocycles. The van der Waals surface area contributed by atoms with Gasteiger partial charge in [0.15, 0.2) is 0 Å². The van der Waals surface area contributed by atoms with Crippen molar-refractivity contribution in [2.75, 3.05) is 5.43 Å². The zero-order valence-corrected chi connectivity index (χ0v) is 9.48. The summed E-state index contributed by atoms with van der Waals surface area (Å²) in [4.78, 5) is 7.57.